The molecule has 0 aromatic carbocycles. The highest BCUT2D eigenvalue weighted by atomic mass is 32.1. The first-order valence-corrected chi connectivity index (χ1v) is 7.31. The fourth-order valence-electron chi connectivity index (χ4n) is 3.01. The minimum atomic E-state index is 0.0637. The maximum absolute atomic E-state index is 12.1. The molecule has 1 saturated carbocycles. The van der Waals surface area contributed by atoms with Crippen molar-refractivity contribution in [2.75, 3.05) is 6.54 Å². The number of likely N-dealkylation sites (tertiary alicyclic amines) is 1. The molecule has 1 amide bonds. The fourth-order valence-corrected chi connectivity index (χ4v) is 3.80. The van der Waals surface area contributed by atoms with E-state index in [0.29, 0.717) is 6.04 Å². The summed E-state index contributed by atoms with van der Waals surface area (Å²) in [4.78, 5) is 15.1. The number of piperidine rings is 1. The summed E-state index contributed by atoms with van der Waals surface area (Å²) in [5, 5.41) is 10.9. The van der Waals surface area contributed by atoms with Crippen molar-refractivity contribution in [1.29, 1.82) is 0 Å². The van der Waals surface area contributed by atoms with Crippen LogP contribution < -0.4 is 0 Å². The van der Waals surface area contributed by atoms with Crippen molar-refractivity contribution in [3.05, 3.63) is 28.0 Å². The van der Waals surface area contributed by atoms with Crippen LogP contribution in [0.15, 0.2) is 17.5 Å². The lowest BCUT2D eigenvalue weighted by molar-refractivity contribution is -0.127. The predicted octanol–water partition coefficient (Wildman–Crippen LogP) is 2.26. The number of thiophene rings is 1. The van der Waals surface area contributed by atoms with Crippen molar-refractivity contribution in [2.45, 2.75) is 31.9 Å². The molecule has 0 radical (unpaired) electrons. The molecule has 2 fully saturated rings. The lowest BCUT2D eigenvalue weighted by atomic mass is 10.1. The molecular formula is C14H17NO2S. The van der Waals surface area contributed by atoms with E-state index in [1.54, 1.807) is 17.4 Å². The number of rotatable bonds is 3. The SMILES string of the molecule is O=C(/C=C/c1cc(CO)cs1)N1C[C@H]2CC[C@H]1C2. The molecule has 1 aliphatic heterocycles. The smallest absolute Gasteiger partial charge is 0.246 e. The Bertz CT molecular complexity index is 480. The Morgan fingerprint density at radius 3 is 3.06 bits per heavy atom. The summed E-state index contributed by atoms with van der Waals surface area (Å²) in [6.07, 6.45) is 7.21. The Morgan fingerprint density at radius 2 is 2.44 bits per heavy atom. The standard InChI is InChI=1S/C14H17NO2S/c16-8-11-6-13(18-9-11)3-4-14(17)15-7-10-1-2-12(15)5-10/h3-4,6,9-10,12,16H,1-2,5,7-8H2/b4-3+/t10-,12-/m0/s1. The molecule has 1 aromatic heterocycles. The third kappa shape index (κ3) is 2.22. The van der Waals surface area contributed by atoms with Gasteiger partial charge in [-0.2, -0.15) is 0 Å². The second-order valence-corrected chi connectivity index (χ2v) is 6.12. The molecule has 1 N–H and O–H groups in total. The van der Waals surface area contributed by atoms with E-state index in [-0.39, 0.29) is 12.5 Å². The number of aliphatic hydroxyl groups is 1. The molecule has 3 rings (SSSR count). The van der Waals surface area contributed by atoms with Gasteiger partial charge in [0, 0.05) is 23.5 Å². The molecular weight excluding hydrogens is 246 g/mol. The molecule has 96 valence electrons. The number of amides is 1. The van der Waals surface area contributed by atoms with Gasteiger partial charge in [0.15, 0.2) is 0 Å². The maximum Gasteiger partial charge on any atom is 0.246 e. The van der Waals surface area contributed by atoms with Crippen molar-refractivity contribution >= 4 is 23.3 Å². The molecule has 2 atom stereocenters. The molecule has 4 heteroatoms. The van der Waals surface area contributed by atoms with Crippen LogP contribution in [0.3, 0.4) is 0 Å². The summed E-state index contributed by atoms with van der Waals surface area (Å²) in [6.45, 7) is 1.01. The quantitative estimate of drug-likeness (QED) is 0.850. The second kappa shape index (κ2) is 4.86. The van der Waals surface area contributed by atoms with Gasteiger partial charge < -0.3 is 10.0 Å². The van der Waals surface area contributed by atoms with E-state index in [4.69, 9.17) is 5.11 Å². The number of hydrogen-bond acceptors (Lipinski definition) is 3. The van der Waals surface area contributed by atoms with Crippen LogP contribution in [0.1, 0.15) is 29.7 Å². The van der Waals surface area contributed by atoms with Crippen molar-refractivity contribution in [1.82, 2.24) is 4.90 Å². The predicted molar refractivity (Wildman–Crippen MR) is 72.1 cm³/mol. The highest BCUT2D eigenvalue weighted by Gasteiger charge is 2.39. The van der Waals surface area contributed by atoms with Crippen LogP contribution >= 0.6 is 11.3 Å². The zero-order valence-corrected chi connectivity index (χ0v) is 11.0. The first-order valence-electron chi connectivity index (χ1n) is 6.43. The summed E-state index contributed by atoms with van der Waals surface area (Å²) in [7, 11) is 0. The normalized spacial score (nSPS) is 26.4. The highest BCUT2D eigenvalue weighted by molar-refractivity contribution is 7.11. The zero-order valence-electron chi connectivity index (χ0n) is 10.2. The van der Waals surface area contributed by atoms with Gasteiger partial charge in [-0.25, -0.2) is 0 Å². The number of carbonyl (C=O) groups is 1. The molecule has 2 heterocycles. The summed E-state index contributed by atoms with van der Waals surface area (Å²) in [6, 6.07) is 2.41. The molecule has 1 aliphatic carbocycles. The second-order valence-electron chi connectivity index (χ2n) is 5.17. The molecule has 2 aliphatic rings. The van der Waals surface area contributed by atoms with Gasteiger partial charge in [0.1, 0.15) is 0 Å². The Morgan fingerprint density at radius 1 is 1.56 bits per heavy atom. The van der Waals surface area contributed by atoms with Crippen molar-refractivity contribution in [3.63, 3.8) is 0 Å². The minimum Gasteiger partial charge on any atom is -0.392 e. The molecule has 3 nitrogen and oxygen atoms in total. The number of aliphatic hydroxyl groups excluding tert-OH is 1. The Hall–Kier alpha value is -1.13. The third-order valence-electron chi connectivity index (χ3n) is 3.94. The third-order valence-corrected chi connectivity index (χ3v) is 4.89. The van der Waals surface area contributed by atoms with E-state index in [2.05, 4.69) is 0 Å². The summed E-state index contributed by atoms with van der Waals surface area (Å²) < 4.78 is 0. The van der Waals surface area contributed by atoms with Gasteiger partial charge in [-0.3, -0.25) is 4.79 Å². The van der Waals surface area contributed by atoms with E-state index in [0.717, 1.165) is 22.9 Å². The Labute approximate surface area is 111 Å². The van der Waals surface area contributed by atoms with Crippen LogP contribution in [0.4, 0.5) is 0 Å². The molecule has 2 bridgehead atoms. The topological polar surface area (TPSA) is 40.5 Å². The lowest BCUT2D eigenvalue weighted by Gasteiger charge is -2.25. The average molecular weight is 263 g/mol. The van der Waals surface area contributed by atoms with E-state index >= 15 is 0 Å². The lowest BCUT2D eigenvalue weighted by Crippen LogP contribution is -2.36. The number of fused-ring (bicyclic) bond motifs is 2. The average Bonchev–Trinajstić information content (AvgIpc) is 3.11. The Balaban J connectivity index is 1.63. The van der Waals surface area contributed by atoms with Crippen molar-refractivity contribution in [3.8, 4) is 0 Å². The summed E-state index contributed by atoms with van der Waals surface area (Å²) in [5.41, 5.74) is 0.910. The van der Waals surface area contributed by atoms with E-state index in [1.165, 1.54) is 19.3 Å². The number of hydrogen-bond donors (Lipinski definition) is 1. The van der Waals surface area contributed by atoms with Crippen LogP contribution in [0.2, 0.25) is 0 Å². The molecule has 0 spiro atoms. The maximum atomic E-state index is 12.1. The molecule has 1 aromatic rings. The van der Waals surface area contributed by atoms with Gasteiger partial charge in [-0.15, -0.1) is 11.3 Å². The summed E-state index contributed by atoms with van der Waals surface area (Å²) >= 11 is 1.56. The first kappa shape index (κ1) is 11.9. The number of carbonyl (C=O) groups excluding carboxylic acids is 1. The molecule has 18 heavy (non-hydrogen) atoms. The highest BCUT2D eigenvalue weighted by Crippen LogP contribution is 2.37. The molecule has 0 unspecified atom stereocenters. The molecule has 1 saturated heterocycles. The van der Waals surface area contributed by atoms with Crippen LogP contribution in [0, 0.1) is 5.92 Å². The first-order chi connectivity index (χ1) is 8.76. The minimum absolute atomic E-state index is 0.0637. The Kier molecular flexibility index (Phi) is 3.22. The monoisotopic (exact) mass is 263 g/mol. The van der Waals surface area contributed by atoms with Crippen LogP contribution in [-0.4, -0.2) is 28.5 Å². The summed E-state index contributed by atoms with van der Waals surface area (Å²) in [5.74, 6) is 0.885. The van der Waals surface area contributed by atoms with Gasteiger partial charge in [-0.1, -0.05) is 0 Å². The van der Waals surface area contributed by atoms with Crippen LogP contribution in [-0.2, 0) is 11.4 Å². The van der Waals surface area contributed by atoms with Gasteiger partial charge in [-0.05, 0) is 48.3 Å². The van der Waals surface area contributed by atoms with E-state index in [1.807, 2.05) is 22.4 Å². The number of nitrogens with zero attached hydrogens (tertiary/aromatic N) is 1. The van der Waals surface area contributed by atoms with Crippen LogP contribution in [0.5, 0.6) is 0 Å². The van der Waals surface area contributed by atoms with Crippen molar-refractivity contribution in [2.24, 2.45) is 5.92 Å². The fraction of sp³-hybridized carbons (Fsp3) is 0.500. The largest absolute Gasteiger partial charge is 0.392 e. The van der Waals surface area contributed by atoms with E-state index in [9.17, 15) is 4.79 Å². The van der Waals surface area contributed by atoms with Gasteiger partial charge >= 0.3 is 0 Å². The zero-order chi connectivity index (χ0) is 12.5. The van der Waals surface area contributed by atoms with Crippen LogP contribution in [0.25, 0.3) is 6.08 Å². The van der Waals surface area contributed by atoms with E-state index < -0.39 is 0 Å². The van der Waals surface area contributed by atoms with Gasteiger partial charge in [0.2, 0.25) is 5.91 Å². The van der Waals surface area contributed by atoms with Crippen molar-refractivity contribution < 1.29 is 9.90 Å². The van der Waals surface area contributed by atoms with Gasteiger partial charge in [0.25, 0.3) is 0 Å². The van der Waals surface area contributed by atoms with Gasteiger partial charge in [0.05, 0.1) is 6.61 Å².